The first-order chi connectivity index (χ1) is 15.7. The van der Waals surface area contributed by atoms with Crippen molar-refractivity contribution < 1.29 is 13.6 Å². The van der Waals surface area contributed by atoms with Crippen LogP contribution in [-0.4, -0.2) is 12.1 Å². The van der Waals surface area contributed by atoms with Gasteiger partial charge in [0, 0.05) is 15.5 Å². The Morgan fingerprint density at radius 1 is 1.16 bits per heavy atom. The molecule has 5 rings (SSSR count). The van der Waals surface area contributed by atoms with Crippen molar-refractivity contribution in [3.8, 4) is 11.3 Å². The fraction of sp³-hybridized carbons (Fsp3) is 0.200. The zero-order valence-electron chi connectivity index (χ0n) is 17.3. The molecule has 162 valence electrons. The van der Waals surface area contributed by atoms with E-state index < -0.39 is 0 Å². The Morgan fingerprint density at radius 2 is 2.06 bits per heavy atom. The molecule has 0 radical (unpaired) electrons. The van der Waals surface area contributed by atoms with Crippen molar-refractivity contribution in [1.29, 1.82) is 0 Å². The minimum absolute atomic E-state index is 0.119. The minimum atomic E-state index is -0.119. The number of halogens is 1. The molecular weight excluding hydrogens is 444 g/mol. The molecule has 0 saturated heterocycles. The van der Waals surface area contributed by atoms with Crippen LogP contribution in [0.25, 0.3) is 11.3 Å². The van der Waals surface area contributed by atoms with Crippen LogP contribution in [0.1, 0.15) is 45.2 Å². The van der Waals surface area contributed by atoms with E-state index in [4.69, 9.17) is 20.4 Å². The van der Waals surface area contributed by atoms with Crippen LogP contribution >= 0.6 is 22.9 Å². The van der Waals surface area contributed by atoms with Gasteiger partial charge in [0.2, 0.25) is 0 Å². The van der Waals surface area contributed by atoms with Crippen LogP contribution < -0.4 is 5.32 Å². The number of carbonyl (C=O) groups excluding carboxylic acids is 1. The maximum Gasteiger partial charge on any atom is 0.255 e. The summed E-state index contributed by atoms with van der Waals surface area (Å²) in [5.41, 5.74) is 2.71. The molecule has 0 fully saturated rings. The number of furan rings is 2. The van der Waals surface area contributed by atoms with Crippen molar-refractivity contribution in [2.45, 2.75) is 32.2 Å². The zero-order chi connectivity index (χ0) is 21.9. The number of amides is 1. The molecule has 3 aromatic heterocycles. The highest BCUT2D eigenvalue weighted by Gasteiger charge is 2.25. The van der Waals surface area contributed by atoms with Crippen molar-refractivity contribution >= 4 is 40.1 Å². The molecule has 0 unspecified atom stereocenters. The first-order valence-electron chi connectivity index (χ1n) is 10.5. The van der Waals surface area contributed by atoms with Crippen LogP contribution in [0.2, 0.25) is 5.02 Å². The van der Waals surface area contributed by atoms with Crippen molar-refractivity contribution in [3.05, 3.63) is 87.3 Å². The summed E-state index contributed by atoms with van der Waals surface area (Å²) in [6, 6.07) is 14.9. The number of fused-ring (bicyclic) bond motifs is 1. The van der Waals surface area contributed by atoms with Gasteiger partial charge >= 0.3 is 0 Å². The van der Waals surface area contributed by atoms with Gasteiger partial charge in [0.1, 0.15) is 22.3 Å². The molecule has 4 aromatic rings. The predicted molar refractivity (Wildman–Crippen MR) is 127 cm³/mol. The molecular formula is C25H21ClN2O3S. The number of benzene rings is 1. The third-order valence-corrected chi connectivity index (χ3v) is 6.86. The Bertz CT molecular complexity index is 1270. The Kier molecular flexibility index (Phi) is 5.97. The second-order valence-corrected chi connectivity index (χ2v) is 9.14. The quantitative estimate of drug-likeness (QED) is 0.318. The van der Waals surface area contributed by atoms with E-state index in [9.17, 15) is 4.79 Å². The number of thiophene rings is 1. The Hall–Kier alpha value is -3.09. The van der Waals surface area contributed by atoms with E-state index in [1.807, 2.05) is 48.5 Å². The lowest BCUT2D eigenvalue weighted by Crippen LogP contribution is -2.23. The molecule has 5 nitrogen and oxygen atoms in total. The van der Waals surface area contributed by atoms with Crippen molar-refractivity contribution in [2.75, 3.05) is 0 Å². The lowest BCUT2D eigenvalue weighted by atomic mass is 9.95. The lowest BCUT2D eigenvalue weighted by molar-refractivity contribution is 0.0948. The van der Waals surface area contributed by atoms with Crippen LogP contribution in [0.15, 0.2) is 68.6 Å². The molecule has 0 atom stereocenters. The summed E-state index contributed by atoms with van der Waals surface area (Å²) in [7, 11) is 0. The SMILES string of the molecule is O=C(NCc1ccco1)c1c(N=Cc2ccc(-c3cccc(Cl)c3)o2)sc2c1CCCC2. The van der Waals surface area contributed by atoms with Gasteiger partial charge in [-0.05, 0) is 67.6 Å². The highest BCUT2D eigenvalue weighted by molar-refractivity contribution is 7.16. The molecule has 7 heteroatoms. The van der Waals surface area contributed by atoms with Crippen LogP contribution in [-0.2, 0) is 19.4 Å². The van der Waals surface area contributed by atoms with Crippen LogP contribution in [0.5, 0.6) is 0 Å². The molecule has 3 heterocycles. The van der Waals surface area contributed by atoms with E-state index in [-0.39, 0.29) is 5.91 Å². The topological polar surface area (TPSA) is 67.7 Å². The summed E-state index contributed by atoms with van der Waals surface area (Å²) >= 11 is 7.68. The Balaban J connectivity index is 1.40. The van der Waals surface area contributed by atoms with Gasteiger partial charge in [-0.2, -0.15) is 0 Å². The fourth-order valence-electron chi connectivity index (χ4n) is 3.89. The molecule has 0 spiro atoms. The Labute approximate surface area is 194 Å². The second-order valence-electron chi connectivity index (χ2n) is 7.62. The van der Waals surface area contributed by atoms with Crippen LogP contribution in [0.3, 0.4) is 0 Å². The molecule has 0 saturated carbocycles. The van der Waals surface area contributed by atoms with E-state index in [2.05, 4.69) is 10.3 Å². The van der Waals surface area contributed by atoms with Gasteiger partial charge in [0.15, 0.2) is 0 Å². The minimum Gasteiger partial charge on any atom is -0.467 e. The molecule has 1 N–H and O–H groups in total. The van der Waals surface area contributed by atoms with Gasteiger partial charge in [0.05, 0.1) is 24.6 Å². The highest BCUT2D eigenvalue weighted by Crippen LogP contribution is 2.40. The maximum atomic E-state index is 13.1. The molecule has 1 aliphatic rings. The van der Waals surface area contributed by atoms with Gasteiger partial charge in [-0.15, -0.1) is 11.3 Å². The summed E-state index contributed by atoms with van der Waals surface area (Å²) in [6.45, 7) is 0.348. The number of nitrogens with one attached hydrogen (secondary N) is 1. The summed E-state index contributed by atoms with van der Waals surface area (Å²) in [4.78, 5) is 19.0. The van der Waals surface area contributed by atoms with E-state index in [1.165, 1.54) is 4.88 Å². The number of nitrogens with zero attached hydrogens (tertiary/aromatic N) is 1. The number of hydrogen-bond acceptors (Lipinski definition) is 5. The number of carbonyl (C=O) groups is 1. The molecule has 32 heavy (non-hydrogen) atoms. The molecule has 1 aromatic carbocycles. The van der Waals surface area contributed by atoms with E-state index >= 15 is 0 Å². The average Bonchev–Trinajstić information content (AvgIpc) is 3.55. The van der Waals surface area contributed by atoms with E-state index in [1.54, 1.807) is 23.8 Å². The zero-order valence-corrected chi connectivity index (χ0v) is 18.8. The molecule has 1 aliphatic carbocycles. The summed E-state index contributed by atoms with van der Waals surface area (Å²) in [5, 5.41) is 4.34. The van der Waals surface area contributed by atoms with Crippen LogP contribution in [0.4, 0.5) is 5.00 Å². The average molecular weight is 465 g/mol. The van der Waals surface area contributed by atoms with E-state index in [0.29, 0.717) is 22.9 Å². The van der Waals surface area contributed by atoms with Gasteiger partial charge in [-0.25, -0.2) is 4.99 Å². The normalized spacial score (nSPS) is 13.4. The lowest BCUT2D eigenvalue weighted by Gasteiger charge is -2.12. The molecule has 0 bridgehead atoms. The largest absolute Gasteiger partial charge is 0.467 e. The van der Waals surface area contributed by atoms with Crippen molar-refractivity contribution in [3.63, 3.8) is 0 Å². The summed E-state index contributed by atoms with van der Waals surface area (Å²) < 4.78 is 11.3. The van der Waals surface area contributed by atoms with Crippen molar-refractivity contribution in [1.82, 2.24) is 5.32 Å². The van der Waals surface area contributed by atoms with Gasteiger partial charge < -0.3 is 14.2 Å². The third-order valence-electron chi connectivity index (χ3n) is 5.43. The van der Waals surface area contributed by atoms with Gasteiger partial charge in [0.25, 0.3) is 5.91 Å². The highest BCUT2D eigenvalue weighted by atomic mass is 35.5. The molecule has 1 amide bonds. The van der Waals surface area contributed by atoms with Gasteiger partial charge in [-0.1, -0.05) is 23.7 Å². The standard InChI is InChI=1S/C25H21ClN2O3S/c26-17-6-3-5-16(13-17)21-11-10-19(31-21)15-28-25-23(20-8-1-2-9-22(20)32-25)24(29)27-14-18-7-4-12-30-18/h3-7,10-13,15H,1-2,8-9,14H2,(H,27,29). The number of aryl methyl sites for hydroxylation is 1. The first kappa shape index (κ1) is 20.8. The molecule has 0 aliphatic heterocycles. The maximum absolute atomic E-state index is 13.1. The second kappa shape index (κ2) is 9.18. The smallest absolute Gasteiger partial charge is 0.255 e. The first-order valence-corrected chi connectivity index (χ1v) is 11.7. The van der Waals surface area contributed by atoms with Crippen LogP contribution in [0, 0.1) is 0 Å². The predicted octanol–water partition coefficient (Wildman–Crippen LogP) is 6.81. The van der Waals surface area contributed by atoms with Crippen molar-refractivity contribution in [2.24, 2.45) is 4.99 Å². The third kappa shape index (κ3) is 4.42. The summed E-state index contributed by atoms with van der Waals surface area (Å²) in [5.74, 6) is 1.94. The number of aliphatic imine (C=N–C) groups is 1. The monoisotopic (exact) mass is 464 g/mol. The van der Waals surface area contributed by atoms with Gasteiger partial charge in [-0.3, -0.25) is 4.79 Å². The number of rotatable bonds is 6. The fourth-order valence-corrected chi connectivity index (χ4v) is 5.31. The van der Waals surface area contributed by atoms with E-state index in [0.717, 1.165) is 53.3 Å². The Morgan fingerprint density at radius 3 is 2.91 bits per heavy atom. The number of hydrogen-bond donors (Lipinski definition) is 1. The summed E-state index contributed by atoms with van der Waals surface area (Å²) in [6.07, 6.45) is 7.41.